The Labute approximate surface area is 183 Å². The van der Waals surface area contributed by atoms with Gasteiger partial charge in [0.1, 0.15) is 16.9 Å². The second-order valence-electron chi connectivity index (χ2n) is 7.69. The second-order valence-corrected chi connectivity index (χ2v) is 7.69. The van der Waals surface area contributed by atoms with Crippen LogP contribution in [0.15, 0.2) is 71.1 Å². The van der Waals surface area contributed by atoms with Crippen LogP contribution in [0.1, 0.15) is 0 Å². The summed E-state index contributed by atoms with van der Waals surface area (Å²) in [5.41, 5.74) is 2.59. The van der Waals surface area contributed by atoms with Crippen molar-refractivity contribution in [3.8, 4) is 5.75 Å². The number of amides is 1. The Bertz CT molecular complexity index is 1290. The number of benzene rings is 3. The molecular weight excluding hydrogens is 410 g/mol. The molecule has 162 valence electrons. The van der Waals surface area contributed by atoms with Crippen LogP contribution in [-0.2, 0) is 4.79 Å². The molecule has 2 heterocycles. The molecule has 0 unspecified atom stereocenters. The van der Waals surface area contributed by atoms with Gasteiger partial charge in [0.25, 0.3) is 11.6 Å². The van der Waals surface area contributed by atoms with Crippen molar-refractivity contribution in [1.82, 2.24) is 4.90 Å². The Morgan fingerprint density at radius 1 is 0.938 bits per heavy atom. The molecule has 1 aliphatic rings. The molecule has 0 aliphatic carbocycles. The molecule has 1 fully saturated rings. The predicted octanol–water partition coefficient (Wildman–Crippen LogP) is 4.22. The van der Waals surface area contributed by atoms with Crippen molar-refractivity contribution in [3.05, 3.63) is 76.8 Å². The number of nitro benzene ring substituents is 1. The van der Waals surface area contributed by atoms with Gasteiger partial charge in [-0.3, -0.25) is 14.9 Å². The first kappa shape index (κ1) is 19.9. The van der Waals surface area contributed by atoms with E-state index in [1.54, 1.807) is 17.0 Å². The maximum Gasteiger partial charge on any atom is 0.269 e. The van der Waals surface area contributed by atoms with E-state index in [2.05, 4.69) is 4.90 Å². The van der Waals surface area contributed by atoms with Gasteiger partial charge in [0.15, 0.2) is 6.61 Å². The Morgan fingerprint density at radius 3 is 2.41 bits per heavy atom. The average molecular weight is 431 g/mol. The van der Waals surface area contributed by atoms with Gasteiger partial charge >= 0.3 is 0 Å². The molecule has 3 aromatic carbocycles. The van der Waals surface area contributed by atoms with Crippen LogP contribution in [0.2, 0.25) is 0 Å². The van der Waals surface area contributed by atoms with Gasteiger partial charge in [0.2, 0.25) is 0 Å². The molecule has 1 amide bonds. The molecule has 32 heavy (non-hydrogen) atoms. The standard InChI is InChI=1S/C24H21N3O5/c28-24(26-13-11-25(12-14-26)17-5-7-18(8-6-17)27(29)30)16-31-19-9-10-23-21(15-19)20-3-1-2-4-22(20)32-23/h1-10,15H,11-14,16H2. The minimum absolute atomic E-state index is 0.0289. The highest BCUT2D eigenvalue weighted by Gasteiger charge is 2.22. The second kappa shape index (κ2) is 8.22. The number of nitro groups is 1. The summed E-state index contributed by atoms with van der Waals surface area (Å²) in [6, 6.07) is 19.9. The first-order chi connectivity index (χ1) is 15.6. The van der Waals surface area contributed by atoms with Gasteiger partial charge in [-0.1, -0.05) is 18.2 Å². The van der Waals surface area contributed by atoms with Crippen molar-refractivity contribution in [2.45, 2.75) is 0 Å². The zero-order valence-corrected chi connectivity index (χ0v) is 17.3. The summed E-state index contributed by atoms with van der Waals surface area (Å²) in [7, 11) is 0. The summed E-state index contributed by atoms with van der Waals surface area (Å²) in [6.07, 6.45) is 0. The van der Waals surface area contributed by atoms with Gasteiger partial charge in [-0.2, -0.15) is 0 Å². The first-order valence-electron chi connectivity index (χ1n) is 10.4. The molecule has 0 saturated carbocycles. The number of rotatable bonds is 5. The van der Waals surface area contributed by atoms with E-state index in [1.165, 1.54) is 12.1 Å². The molecular formula is C24H21N3O5. The van der Waals surface area contributed by atoms with Crippen LogP contribution in [0.4, 0.5) is 11.4 Å². The topological polar surface area (TPSA) is 89.1 Å². The van der Waals surface area contributed by atoms with Gasteiger partial charge < -0.3 is 19.0 Å². The Morgan fingerprint density at radius 2 is 1.66 bits per heavy atom. The predicted molar refractivity (Wildman–Crippen MR) is 121 cm³/mol. The first-order valence-corrected chi connectivity index (χ1v) is 10.4. The number of ether oxygens (including phenoxy) is 1. The quantitative estimate of drug-likeness (QED) is 0.347. The number of carbonyl (C=O) groups excluding carboxylic acids is 1. The lowest BCUT2D eigenvalue weighted by Gasteiger charge is -2.36. The highest BCUT2D eigenvalue weighted by molar-refractivity contribution is 6.05. The largest absolute Gasteiger partial charge is 0.484 e. The summed E-state index contributed by atoms with van der Waals surface area (Å²) in [5.74, 6) is 0.562. The summed E-state index contributed by atoms with van der Waals surface area (Å²) >= 11 is 0. The molecule has 1 saturated heterocycles. The summed E-state index contributed by atoms with van der Waals surface area (Å²) in [4.78, 5) is 27.0. The molecule has 5 rings (SSSR count). The van der Waals surface area contributed by atoms with Crippen LogP contribution in [0.25, 0.3) is 21.9 Å². The van der Waals surface area contributed by atoms with Crippen LogP contribution in [0.3, 0.4) is 0 Å². The number of furan rings is 1. The monoisotopic (exact) mass is 431 g/mol. The number of para-hydroxylation sites is 1. The van der Waals surface area contributed by atoms with Crippen LogP contribution in [0.5, 0.6) is 5.75 Å². The van der Waals surface area contributed by atoms with Gasteiger partial charge in [0.05, 0.1) is 4.92 Å². The fourth-order valence-electron chi connectivity index (χ4n) is 4.03. The molecule has 8 nitrogen and oxygen atoms in total. The number of hydrogen-bond donors (Lipinski definition) is 0. The number of nitrogens with zero attached hydrogens (tertiary/aromatic N) is 3. The van der Waals surface area contributed by atoms with Crippen molar-refractivity contribution in [3.63, 3.8) is 0 Å². The molecule has 0 atom stereocenters. The summed E-state index contributed by atoms with van der Waals surface area (Å²) < 4.78 is 11.6. The number of piperazine rings is 1. The zero-order chi connectivity index (χ0) is 22.1. The van der Waals surface area contributed by atoms with E-state index in [0.29, 0.717) is 31.9 Å². The fraction of sp³-hybridized carbons (Fsp3) is 0.208. The van der Waals surface area contributed by atoms with Crippen LogP contribution in [-0.4, -0.2) is 48.5 Å². The minimum atomic E-state index is -0.410. The maximum atomic E-state index is 12.6. The number of non-ortho nitro benzene ring substituents is 1. The number of hydrogen-bond acceptors (Lipinski definition) is 6. The Hall–Kier alpha value is -4.07. The lowest BCUT2D eigenvalue weighted by atomic mass is 10.1. The van der Waals surface area contributed by atoms with Gasteiger partial charge in [0, 0.05) is 54.8 Å². The molecule has 0 radical (unpaired) electrons. The van der Waals surface area contributed by atoms with Gasteiger partial charge in [-0.15, -0.1) is 0 Å². The lowest BCUT2D eigenvalue weighted by Crippen LogP contribution is -2.50. The smallest absolute Gasteiger partial charge is 0.269 e. The highest BCUT2D eigenvalue weighted by atomic mass is 16.6. The van der Waals surface area contributed by atoms with Crippen LogP contribution >= 0.6 is 0 Å². The van der Waals surface area contributed by atoms with Gasteiger partial charge in [-0.05, 0) is 36.4 Å². The molecule has 0 spiro atoms. The molecule has 8 heteroatoms. The third-order valence-electron chi connectivity index (χ3n) is 5.77. The Kier molecular flexibility index (Phi) is 5.10. The van der Waals surface area contributed by atoms with E-state index in [0.717, 1.165) is 27.6 Å². The third kappa shape index (κ3) is 3.82. The zero-order valence-electron chi connectivity index (χ0n) is 17.3. The van der Waals surface area contributed by atoms with E-state index >= 15 is 0 Å². The van der Waals surface area contributed by atoms with E-state index in [9.17, 15) is 14.9 Å². The molecule has 0 N–H and O–H groups in total. The average Bonchev–Trinajstić information content (AvgIpc) is 3.21. The maximum absolute atomic E-state index is 12.6. The van der Waals surface area contributed by atoms with Gasteiger partial charge in [-0.25, -0.2) is 0 Å². The number of anilines is 1. The van der Waals surface area contributed by atoms with E-state index < -0.39 is 4.92 Å². The third-order valence-corrected chi connectivity index (χ3v) is 5.77. The summed E-state index contributed by atoms with van der Waals surface area (Å²) in [6.45, 7) is 2.45. The SMILES string of the molecule is O=C(COc1ccc2oc3ccccc3c2c1)N1CCN(c2ccc([N+](=O)[O-])cc2)CC1. The van der Waals surface area contributed by atoms with Crippen molar-refractivity contribution in [2.24, 2.45) is 0 Å². The highest BCUT2D eigenvalue weighted by Crippen LogP contribution is 2.31. The van der Waals surface area contributed by atoms with Crippen LogP contribution < -0.4 is 9.64 Å². The molecule has 4 aromatic rings. The van der Waals surface area contributed by atoms with Crippen molar-refractivity contribution in [1.29, 1.82) is 0 Å². The van der Waals surface area contributed by atoms with E-state index in [-0.39, 0.29) is 18.2 Å². The fourth-order valence-corrected chi connectivity index (χ4v) is 4.03. The number of carbonyl (C=O) groups is 1. The van der Waals surface area contributed by atoms with Crippen LogP contribution in [0, 0.1) is 10.1 Å². The van der Waals surface area contributed by atoms with E-state index in [4.69, 9.17) is 9.15 Å². The van der Waals surface area contributed by atoms with Crippen molar-refractivity contribution >= 4 is 39.2 Å². The lowest BCUT2D eigenvalue weighted by molar-refractivity contribution is -0.384. The van der Waals surface area contributed by atoms with Crippen molar-refractivity contribution in [2.75, 3.05) is 37.7 Å². The summed E-state index contributed by atoms with van der Waals surface area (Å²) in [5, 5.41) is 12.8. The molecule has 1 aromatic heterocycles. The van der Waals surface area contributed by atoms with E-state index in [1.807, 2.05) is 42.5 Å². The van der Waals surface area contributed by atoms with Crippen molar-refractivity contribution < 1.29 is 18.9 Å². The number of fused-ring (bicyclic) bond motifs is 3. The Balaban J connectivity index is 1.18. The molecule has 0 bridgehead atoms. The normalized spacial score (nSPS) is 14.1. The minimum Gasteiger partial charge on any atom is -0.484 e. The molecule has 1 aliphatic heterocycles.